The van der Waals surface area contributed by atoms with E-state index in [9.17, 15) is 4.79 Å². The maximum Gasteiger partial charge on any atom is 0.231 e. The van der Waals surface area contributed by atoms with Crippen molar-refractivity contribution in [2.75, 3.05) is 13.9 Å². The number of imidazole rings is 1. The molecule has 0 radical (unpaired) electrons. The minimum atomic E-state index is -0.159. The second-order valence-corrected chi connectivity index (χ2v) is 6.36. The molecule has 7 heteroatoms. The Morgan fingerprint density at radius 2 is 2.23 bits per heavy atom. The van der Waals surface area contributed by atoms with Gasteiger partial charge in [0, 0.05) is 18.5 Å². The maximum absolute atomic E-state index is 12.3. The highest BCUT2D eigenvalue weighted by Crippen LogP contribution is 2.45. The van der Waals surface area contributed by atoms with E-state index in [-0.39, 0.29) is 18.6 Å². The summed E-state index contributed by atoms with van der Waals surface area (Å²) in [5, 5.41) is 2.94. The van der Waals surface area contributed by atoms with Gasteiger partial charge < -0.3 is 23.9 Å². The number of pyridine rings is 1. The number of hydrogen-bond donors (Lipinski definition) is 1. The molecule has 1 aromatic carbocycles. The van der Waals surface area contributed by atoms with Crippen LogP contribution in [0.25, 0.3) is 5.65 Å². The van der Waals surface area contributed by atoms with Crippen LogP contribution in [-0.2, 0) is 11.3 Å². The Morgan fingerprint density at radius 3 is 3.12 bits per heavy atom. The van der Waals surface area contributed by atoms with Gasteiger partial charge in [0.2, 0.25) is 18.4 Å². The number of hydrogen-bond acceptors (Lipinski definition) is 5. The summed E-state index contributed by atoms with van der Waals surface area (Å²) in [5.41, 5.74) is 3.70. The number of amides is 1. The van der Waals surface area contributed by atoms with Crippen molar-refractivity contribution in [2.45, 2.75) is 18.9 Å². The van der Waals surface area contributed by atoms with Crippen LogP contribution >= 0.6 is 0 Å². The van der Waals surface area contributed by atoms with Crippen LogP contribution in [0.2, 0.25) is 0 Å². The number of carbonyl (C=O) groups excluding carboxylic acids is 1. The number of nitrogens with zero attached hydrogens (tertiary/aromatic N) is 2. The first-order valence-corrected chi connectivity index (χ1v) is 8.44. The number of aromatic nitrogens is 2. The number of fused-ring (bicyclic) bond motifs is 4. The lowest BCUT2D eigenvalue weighted by Crippen LogP contribution is -2.21. The van der Waals surface area contributed by atoms with Gasteiger partial charge in [-0.2, -0.15) is 0 Å². The van der Waals surface area contributed by atoms with Crippen molar-refractivity contribution in [1.29, 1.82) is 0 Å². The molecule has 2 aromatic heterocycles. The molecule has 1 atom stereocenters. The summed E-state index contributed by atoms with van der Waals surface area (Å²) in [7, 11) is 1.60. The average Bonchev–Trinajstić information content (AvgIpc) is 3.24. The predicted octanol–water partition coefficient (Wildman–Crippen LogP) is 2.22. The number of methoxy groups -OCH3 is 1. The van der Waals surface area contributed by atoms with Crippen molar-refractivity contribution in [1.82, 2.24) is 14.7 Å². The van der Waals surface area contributed by atoms with E-state index >= 15 is 0 Å². The molecule has 5 rings (SSSR count). The lowest BCUT2D eigenvalue weighted by molar-refractivity contribution is -0.121. The molecule has 0 saturated heterocycles. The van der Waals surface area contributed by atoms with Gasteiger partial charge in [-0.05, 0) is 29.8 Å². The van der Waals surface area contributed by atoms with Crippen molar-refractivity contribution in [3.8, 4) is 17.2 Å². The fourth-order valence-electron chi connectivity index (χ4n) is 3.73. The Kier molecular flexibility index (Phi) is 3.28. The normalized spacial score (nSPS) is 18.3. The molecule has 132 valence electrons. The monoisotopic (exact) mass is 351 g/mol. The number of carbonyl (C=O) groups is 1. The van der Waals surface area contributed by atoms with Crippen molar-refractivity contribution >= 4 is 11.6 Å². The van der Waals surface area contributed by atoms with Gasteiger partial charge in [0.15, 0.2) is 11.5 Å². The quantitative estimate of drug-likeness (QED) is 0.766. The average molecular weight is 351 g/mol. The zero-order chi connectivity index (χ0) is 17.7. The molecule has 3 aromatic rings. The van der Waals surface area contributed by atoms with Crippen LogP contribution in [0.3, 0.4) is 0 Å². The number of benzene rings is 1. The third-order valence-corrected chi connectivity index (χ3v) is 4.90. The van der Waals surface area contributed by atoms with Gasteiger partial charge in [-0.3, -0.25) is 4.79 Å². The van der Waals surface area contributed by atoms with E-state index in [0.717, 1.165) is 22.6 Å². The second-order valence-electron chi connectivity index (χ2n) is 6.36. The molecule has 1 unspecified atom stereocenters. The van der Waals surface area contributed by atoms with E-state index < -0.39 is 0 Å². The van der Waals surface area contributed by atoms with E-state index in [1.54, 1.807) is 7.11 Å². The van der Waals surface area contributed by atoms with Crippen LogP contribution in [0.4, 0.5) is 0 Å². The fourth-order valence-corrected chi connectivity index (χ4v) is 3.73. The molecule has 0 saturated carbocycles. The van der Waals surface area contributed by atoms with Gasteiger partial charge in [0.1, 0.15) is 5.65 Å². The summed E-state index contributed by atoms with van der Waals surface area (Å²) in [6.07, 6.45) is 2.31. The summed E-state index contributed by atoms with van der Waals surface area (Å²) < 4.78 is 18.6. The second kappa shape index (κ2) is 5.66. The molecule has 2 aliphatic rings. The van der Waals surface area contributed by atoms with Crippen molar-refractivity contribution < 1.29 is 19.0 Å². The zero-order valence-corrected chi connectivity index (χ0v) is 14.2. The van der Waals surface area contributed by atoms with Crippen molar-refractivity contribution in [3.63, 3.8) is 0 Å². The molecule has 1 amide bonds. The standard InChI is InChI=1S/C19H17N3O4/c1-24-14-6-11(7-15-19(14)26-10-25-15)12-8-17(23)20-9-13-18(12)22-5-3-2-4-16(22)21-13/h2-7,12H,8-10H2,1H3,(H,20,23). The Bertz CT molecular complexity index is 1030. The first kappa shape index (κ1) is 15.1. The summed E-state index contributed by atoms with van der Waals surface area (Å²) >= 11 is 0. The third kappa shape index (κ3) is 2.20. The van der Waals surface area contributed by atoms with Gasteiger partial charge >= 0.3 is 0 Å². The third-order valence-electron chi connectivity index (χ3n) is 4.90. The molecular formula is C19H17N3O4. The van der Waals surface area contributed by atoms with Crippen LogP contribution in [0.1, 0.15) is 29.3 Å². The van der Waals surface area contributed by atoms with Crippen molar-refractivity contribution in [3.05, 3.63) is 53.5 Å². The zero-order valence-electron chi connectivity index (χ0n) is 14.2. The topological polar surface area (TPSA) is 74.1 Å². The summed E-state index contributed by atoms with van der Waals surface area (Å²) in [5.74, 6) is 1.68. The Balaban J connectivity index is 1.73. The van der Waals surface area contributed by atoms with Gasteiger partial charge in [-0.15, -0.1) is 0 Å². The molecule has 0 bridgehead atoms. The summed E-state index contributed by atoms with van der Waals surface area (Å²) in [6.45, 7) is 0.592. The number of rotatable bonds is 2. The minimum absolute atomic E-state index is 0.00526. The lowest BCUT2D eigenvalue weighted by Gasteiger charge is -2.17. The molecule has 0 spiro atoms. The summed E-state index contributed by atoms with van der Waals surface area (Å²) in [4.78, 5) is 17.0. The largest absolute Gasteiger partial charge is 0.493 e. The van der Waals surface area contributed by atoms with Crippen LogP contribution in [-0.4, -0.2) is 29.2 Å². The molecule has 2 aliphatic heterocycles. The van der Waals surface area contributed by atoms with Crippen LogP contribution < -0.4 is 19.5 Å². The molecule has 26 heavy (non-hydrogen) atoms. The first-order chi connectivity index (χ1) is 12.7. The maximum atomic E-state index is 12.3. The smallest absolute Gasteiger partial charge is 0.231 e. The number of nitrogens with one attached hydrogen (secondary N) is 1. The van der Waals surface area contributed by atoms with Gasteiger partial charge in [-0.1, -0.05) is 6.07 Å². The van der Waals surface area contributed by atoms with E-state index in [1.807, 2.05) is 36.5 Å². The van der Waals surface area contributed by atoms with Gasteiger partial charge in [0.05, 0.1) is 25.0 Å². The van der Waals surface area contributed by atoms with Gasteiger partial charge in [0.25, 0.3) is 0 Å². The minimum Gasteiger partial charge on any atom is -0.493 e. The van der Waals surface area contributed by atoms with E-state index in [1.165, 1.54) is 0 Å². The van der Waals surface area contributed by atoms with Crippen LogP contribution in [0.5, 0.6) is 17.2 Å². The Hall–Kier alpha value is -3.22. The highest BCUT2D eigenvalue weighted by atomic mass is 16.7. The highest BCUT2D eigenvalue weighted by molar-refractivity contribution is 5.78. The summed E-state index contributed by atoms with van der Waals surface area (Å²) in [6, 6.07) is 9.74. The van der Waals surface area contributed by atoms with E-state index in [2.05, 4.69) is 9.72 Å². The van der Waals surface area contributed by atoms with E-state index in [4.69, 9.17) is 19.2 Å². The fraction of sp³-hybridized carbons (Fsp3) is 0.263. The van der Waals surface area contributed by atoms with E-state index in [0.29, 0.717) is 30.2 Å². The molecule has 4 heterocycles. The molecule has 0 fully saturated rings. The lowest BCUT2D eigenvalue weighted by atomic mass is 9.91. The Labute approximate surface area is 149 Å². The Morgan fingerprint density at radius 1 is 1.31 bits per heavy atom. The molecule has 0 aliphatic carbocycles. The predicted molar refractivity (Wildman–Crippen MR) is 92.6 cm³/mol. The molecule has 1 N–H and O–H groups in total. The van der Waals surface area contributed by atoms with Crippen LogP contribution in [0, 0.1) is 0 Å². The van der Waals surface area contributed by atoms with Gasteiger partial charge in [-0.25, -0.2) is 4.98 Å². The first-order valence-electron chi connectivity index (χ1n) is 8.44. The highest BCUT2D eigenvalue weighted by Gasteiger charge is 2.31. The number of ether oxygens (including phenoxy) is 3. The SMILES string of the molecule is COc1cc(C2CC(=O)NCc3nc4ccccn4c32)cc2c1OCO2. The molecule has 7 nitrogen and oxygen atoms in total. The van der Waals surface area contributed by atoms with Crippen LogP contribution in [0.15, 0.2) is 36.5 Å². The van der Waals surface area contributed by atoms with Crippen molar-refractivity contribution in [2.24, 2.45) is 0 Å². The molecular weight excluding hydrogens is 334 g/mol.